The summed E-state index contributed by atoms with van der Waals surface area (Å²) in [4.78, 5) is 10.8. The molecule has 0 aromatic heterocycles. The molecule has 0 heterocycles. The van der Waals surface area contributed by atoms with E-state index in [-0.39, 0.29) is 0 Å². The van der Waals surface area contributed by atoms with Crippen molar-refractivity contribution >= 4 is 14.0 Å². The van der Waals surface area contributed by atoms with Crippen LogP contribution in [0.3, 0.4) is 0 Å². The molecule has 0 atom stereocenters. The predicted molar refractivity (Wildman–Crippen MR) is 86.3 cm³/mol. The van der Waals surface area contributed by atoms with Gasteiger partial charge in [0.15, 0.2) is 0 Å². The van der Waals surface area contributed by atoms with E-state index in [4.69, 9.17) is 5.11 Å². The van der Waals surface area contributed by atoms with Gasteiger partial charge in [-0.2, -0.15) is 0 Å². The van der Waals surface area contributed by atoms with E-state index in [1.54, 1.807) is 6.92 Å². The van der Waals surface area contributed by atoms with Gasteiger partial charge in [-0.25, -0.2) is 4.79 Å². The van der Waals surface area contributed by atoms with Crippen LogP contribution in [0.5, 0.6) is 0 Å². The highest BCUT2D eigenvalue weighted by Gasteiger charge is 2.18. The van der Waals surface area contributed by atoms with E-state index in [0.29, 0.717) is 5.57 Å². The summed E-state index contributed by atoms with van der Waals surface area (Å²) in [6, 6.07) is 1.21. The van der Waals surface area contributed by atoms with Crippen LogP contribution in [-0.2, 0) is 4.79 Å². The van der Waals surface area contributed by atoms with Gasteiger partial charge in [-0.1, -0.05) is 83.1 Å². The van der Waals surface area contributed by atoms with E-state index >= 15 is 0 Å². The van der Waals surface area contributed by atoms with Gasteiger partial charge in [0.2, 0.25) is 0 Å². The third-order valence-electron chi connectivity index (χ3n) is 3.62. The molecule has 0 aliphatic carbocycles. The predicted octanol–water partition coefficient (Wildman–Crippen LogP) is 5.41. The number of carbonyl (C=O) groups is 1. The Morgan fingerprint density at radius 3 is 1.95 bits per heavy atom. The number of aliphatic carboxylic acids is 1. The molecule has 3 heteroatoms. The van der Waals surface area contributed by atoms with Crippen molar-refractivity contribution in [3.63, 3.8) is 0 Å². The summed E-state index contributed by atoms with van der Waals surface area (Å²) >= 11 is 0. The Morgan fingerprint density at radius 1 is 1.00 bits per heavy atom. The van der Waals surface area contributed by atoms with Crippen molar-refractivity contribution in [1.82, 2.24) is 0 Å². The molecule has 0 saturated carbocycles. The van der Waals surface area contributed by atoms with Crippen LogP contribution in [0.25, 0.3) is 0 Å². The van der Waals surface area contributed by atoms with Crippen LogP contribution >= 0.6 is 0 Å². The summed E-state index contributed by atoms with van der Waals surface area (Å²) in [6.07, 6.45) is 10.7. The quantitative estimate of drug-likeness (QED) is 0.313. The number of carboxylic acids is 1. The molecule has 0 bridgehead atoms. The summed E-state index contributed by atoms with van der Waals surface area (Å²) in [5.41, 5.74) is 2.56. The lowest BCUT2D eigenvalue weighted by Gasteiger charge is -2.18. The molecule has 0 aromatic rings. The molecule has 112 valence electrons. The molecule has 1 N–H and O–H groups in total. The summed E-state index contributed by atoms with van der Waals surface area (Å²) in [5, 5.41) is 8.91. The van der Waals surface area contributed by atoms with Crippen molar-refractivity contribution in [3.8, 4) is 0 Å². The molecule has 0 spiro atoms. The van der Waals surface area contributed by atoms with Crippen LogP contribution in [0.2, 0.25) is 19.1 Å². The van der Waals surface area contributed by atoms with Crippen molar-refractivity contribution < 1.29 is 9.90 Å². The highest BCUT2D eigenvalue weighted by molar-refractivity contribution is 6.82. The van der Waals surface area contributed by atoms with E-state index in [1.807, 2.05) is 5.70 Å². The average Bonchev–Trinajstić information content (AvgIpc) is 2.31. The third-order valence-corrected chi connectivity index (χ3v) is 6.48. The first-order valence-corrected chi connectivity index (χ1v) is 11.1. The zero-order chi connectivity index (χ0) is 14.7. The molecule has 0 aliphatic rings. The minimum atomic E-state index is -1.45. The summed E-state index contributed by atoms with van der Waals surface area (Å²) in [5.74, 6) is -0.767. The molecule has 0 unspecified atom stereocenters. The molecule has 0 amide bonds. The number of hydrogen-bond donors (Lipinski definition) is 1. The summed E-state index contributed by atoms with van der Waals surface area (Å²) in [6.45, 7) is 8.49. The number of carboxylic acid groups (broad SMARTS) is 1. The number of hydrogen-bond acceptors (Lipinski definition) is 1. The third kappa shape index (κ3) is 11.0. The molecule has 0 rings (SSSR count). The van der Waals surface area contributed by atoms with Crippen LogP contribution in [0.4, 0.5) is 0 Å². The van der Waals surface area contributed by atoms with Crippen molar-refractivity contribution in [2.45, 2.75) is 84.4 Å². The Morgan fingerprint density at radius 2 is 1.47 bits per heavy atom. The lowest BCUT2D eigenvalue weighted by Crippen LogP contribution is -2.23. The molecular weight excluding hydrogens is 252 g/mol. The second-order valence-corrected chi connectivity index (χ2v) is 11.1. The van der Waals surface area contributed by atoms with Gasteiger partial charge < -0.3 is 5.11 Å². The minimum Gasteiger partial charge on any atom is -0.478 e. The van der Waals surface area contributed by atoms with Gasteiger partial charge in [0.25, 0.3) is 0 Å². The van der Waals surface area contributed by atoms with E-state index in [0.717, 1.165) is 0 Å². The van der Waals surface area contributed by atoms with Gasteiger partial charge in [-0.3, -0.25) is 0 Å². The smallest absolute Gasteiger partial charge is 0.330 e. The van der Waals surface area contributed by atoms with E-state index in [1.165, 1.54) is 57.4 Å². The van der Waals surface area contributed by atoms with Crippen LogP contribution in [-0.4, -0.2) is 19.1 Å². The minimum absolute atomic E-state index is 0.524. The monoisotopic (exact) mass is 284 g/mol. The van der Waals surface area contributed by atoms with E-state index in [9.17, 15) is 4.79 Å². The maximum Gasteiger partial charge on any atom is 0.330 e. The second kappa shape index (κ2) is 10.2. The Bertz CT molecular complexity index is 282. The zero-order valence-electron chi connectivity index (χ0n) is 13.3. The van der Waals surface area contributed by atoms with Gasteiger partial charge in [0.05, 0.1) is 8.07 Å². The molecule has 0 saturated heterocycles. The van der Waals surface area contributed by atoms with Gasteiger partial charge in [-0.15, -0.1) is 0 Å². The fourth-order valence-corrected chi connectivity index (χ4v) is 5.04. The van der Waals surface area contributed by atoms with Crippen LogP contribution in [0.1, 0.15) is 65.2 Å². The maximum atomic E-state index is 10.8. The van der Waals surface area contributed by atoms with Crippen molar-refractivity contribution in [1.29, 1.82) is 0 Å². The Hall–Kier alpha value is -0.573. The largest absolute Gasteiger partial charge is 0.478 e. The fraction of sp³-hybridized carbons (Fsp3) is 0.812. The molecule has 0 fully saturated rings. The normalized spacial score (nSPS) is 12.7. The van der Waals surface area contributed by atoms with E-state index < -0.39 is 14.0 Å². The highest BCUT2D eigenvalue weighted by atomic mass is 28.3. The van der Waals surface area contributed by atoms with Gasteiger partial charge >= 0.3 is 5.97 Å². The topological polar surface area (TPSA) is 37.3 Å². The highest BCUT2D eigenvalue weighted by Crippen LogP contribution is 2.19. The summed E-state index contributed by atoms with van der Waals surface area (Å²) < 4.78 is 0. The first-order chi connectivity index (χ1) is 8.89. The zero-order valence-corrected chi connectivity index (χ0v) is 14.3. The van der Waals surface area contributed by atoms with Crippen molar-refractivity contribution in [2.75, 3.05) is 0 Å². The molecule has 0 radical (unpaired) electrons. The lowest BCUT2D eigenvalue weighted by atomic mass is 10.1. The Labute approximate surface area is 120 Å². The maximum absolute atomic E-state index is 10.8. The van der Waals surface area contributed by atoms with Crippen LogP contribution in [0, 0.1) is 0 Å². The van der Waals surface area contributed by atoms with Gasteiger partial charge in [0.1, 0.15) is 0 Å². The standard InChI is InChI=1S/C16H32O2Si/c1-5-6-7-8-9-10-11-12-13-19(3,4)14-15(2)16(17)18/h14H,5-13H2,1-4H3,(H,17,18). The van der Waals surface area contributed by atoms with Gasteiger partial charge in [-0.05, 0) is 6.92 Å². The SMILES string of the molecule is CCCCCCCCCC[Si](C)(C)C=C(C)C(=O)O. The average molecular weight is 285 g/mol. The van der Waals surface area contributed by atoms with Crippen molar-refractivity contribution in [3.05, 3.63) is 11.3 Å². The van der Waals surface area contributed by atoms with E-state index in [2.05, 4.69) is 20.0 Å². The van der Waals surface area contributed by atoms with Gasteiger partial charge in [0, 0.05) is 5.57 Å². The molecular formula is C16H32O2Si. The Balaban J connectivity index is 3.70. The number of unbranched alkanes of at least 4 members (excludes halogenated alkanes) is 7. The molecule has 19 heavy (non-hydrogen) atoms. The molecule has 2 nitrogen and oxygen atoms in total. The summed E-state index contributed by atoms with van der Waals surface area (Å²) in [7, 11) is -1.45. The fourth-order valence-electron chi connectivity index (χ4n) is 2.43. The Kier molecular flexibility index (Phi) is 9.93. The number of rotatable bonds is 11. The van der Waals surface area contributed by atoms with Crippen LogP contribution in [0.15, 0.2) is 11.3 Å². The van der Waals surface area contributed by atoms with Crippen LogP contribution < -0.4 is 0 Å². The first-order valence-electron chi connectivity index (χ1n) is 7.82. The first kappa shape index (κ1) is 18.4. The lowest BCUT2D eigenvalue weighted by molar-refractivity contribution is -0.132. The van der Waals surface area contributed by atoms with Crippen molar-refractivity contribution in [2.24, 2.45) is 0 Å². The molecule has 0 aliphatic heterocycles. The molecule has 0 aromatic carbocycles. The second-order valence-electron chi connectivity index (χ2n) is 6.35.